The van der Waals surface area contributed by atoms with Crippen molar-refractivity contribution in [1.29, 1.82) is 0 Å². The van der Waals surface area contributed by atoms with Gasteiger partial charge < -0.3 is 9.47 Å². The highest BCUT2D eigenvalue weighted by molar-refractivity contribution is 6.30. The Kier molecular flexibility index (Phi) is 7.18. The van der Waals surface area contributed by atoms with Gasteiger partial charge in [-0.2, -0.15) is 5.10 Å². The zero-order valence-corrected chi connectivity index (χ0v) is 17.2. The zero-order valence-electron chi connectivity index (χ0n) is 16.4. The quantitative estimate of drug-likeness (QED) is 0.314. The van der Waals surface area contributed by atoms with E-state index in [2.05, 4.69) is 10.5 Å². The van der Waals surface area contributed by atoms with Crippen LogP contribution in [-0.2, 0) is 6.61 Å². The molecule has 3 aromatic rings. The average Bonchev–Trinajstić information content (AvgIpc) is 2.79. The van der Waals surface area contributed by atoms with Gasteiger partial charge in [0.15, 0.2) is 11.5 Å². The molecule has 31 heavy (non-hydrogen) atoms. The predicted octanol–water partition coefficient (Wildman–Crippen LogP) is 4.60. The van der Waals surface area contributed by atoms with Gasteiger partial charge in [-0.05, 0) is 47.5 Å². The Hall–Kier alpha value is -3.91. The van der Waals surface area contributed by atoms with Gasteiger partial charge in [-0.15, -0.1) is 0 Å². The molecule has 0 aliphatic heterocycles. The smallest absolute Gasteiger partial charge is 0.271 e. The van der Waals surface area contributed by atoms with Crippen LogP contribution in [-0.4, -0.2) is 24.2 Å². The number of non-ortho nitro benzene ring substituents is 1. The molecule has 3 rings (SSSR count). The number of rotatable bonds is 8. The molecule has 0 fully saturated rings. The van der Waals surface area contributed by atoms with E-state index in [9.17, 15) is 14.9 Å². The second-order valence-corrected chi connectivity index (χ2v) is 6.77. The van der Waals surface area contributed by atoms with Gasteiger partial charge >= 0.3 is 0 Å². The van der Waals surface area contributed by atoms with Gasteiger partial charge in [0.2, 0.25) is 0 Å². The molecular formula is C22H18ClN3O5. The van der Waals surface area contributed by atoms with Crippen LogP contribution in [0.1, 0.15) is 21.5 Å². The van der Waals surface area contributed by atoms with Crippen molar-refractivity contribution in [3.63, 3.8) is 0 Å². The van der Waals surface area contributed by atoms with Gasteiger partial charge in [0.25, 0.3) is 11.6 Å². The number of carbonyl (C=O) groups excluding carboxylic acids is 1. The second kappa shape index (κ2) is 10.2. The molecule has 0 spiro atoms. The fourth-order valence-electron chi connectivity index (χ4n) is 2.62. The summed E-state index contributed by atoms with van der Waals surface area (Å²) in [4.78, 5) is 22.4. The number of nitro groups is 1. The van der Waals surface area contributed by atoms with Crippen LogP contribution < -0.4 is 14.9 Å². The van der Waals surface area contributed by atoms with E-state index in [0.717, 1.165) is 5.56 Å². The Balaban J connectivity index is 1.63. The van der Waals surface area contributed by atoms with E-state index in [-0.39, 0.29) is 11.3 Å². The summed E-state index contributed by atoms with van der Waals surface area (Å²) >= 11 is 5.88. The fourth-order valence-corrected chi connectivity index (χ4v) is 2.74. The molecule has 0 unspecified atom stereocenters. The number of hydrazone groups is 1. The number of hydrogen-bond acceptors (Lipinski definition) is 6. The lowest BCUT2D eigenvalue weighted by atomic mass is 10.2. The summed E-state index contributed by atoms with van der Waals surface area (Å²) in [6.07, 6.45) is 1.43. The van der Waals surface area contributed by atoms with Crippen LogP contribution in [0.5, 0.6) is 11.5 Å². The lowest BCUT2D eigenvalue weighted by Crippen LogP contribution is -2.17. The molecule has 0 saturated heterocycles. The van der Waals surface area contributed by atoms with Gasteiger partial charge in [0.05, 0.1) is 18.2 Å². The molecule has 0 saturated carbocycles. The number of halogens is 1. The monoisotopic (exact) mass is 439 g/mol. The van der Waals surface area contributed by atoms with Gasteiger partial charge in [-0.1, -0.05) is 29.8 Å². The molecule has 0 heterocycles. The molecule has 0 atom stereocenters. The number of ether oxygens (including phenoxy) is 2. The minimum absolute atomic E-state index is 0.134. The molecule has 8 nitrogen and oxygen atoms in total. The van der Waals surface area contributed by atoms with Crippen LogP contribution >= 0.6 is 11.6 Å². The van der Waals surface area contributed by atoms with Crippen LogP contribution in [0.4, 0.5) is 5.69 Å². The summed E-state index contributed by atoms with van der Waals surface area (Å²) in [6, 6.07) is 17.9. The maximum absolute atomic E-state index is 12.1. The highest BCUT2D eigenvalue weighted by Gasteiger charge is 2.11. The Morgan fingerprint density at radius 3 is 2.61 bits per heavy atom. The summed E-state index contributed by atoms with van der Waals surface area (Å²) in [6.45, 7) is 0.347. The third-order valence-corrected chi connectivity index (χ3v) is 4.45. The number of amides is 1. The number of carbonyl (C=O) groups is 1. The zero-order chi connectivity index (χ0) is 22.2. The van der Waals surface area contributed by atoms with Crippen molar-refractivity contribution >= 4 is 29.4 Å². The van der Waals surface area contributed by atoms with E-state index in [4.69, 9.17) is 21.1 Å². The molecule has 0 bridgehead atoms. The van der Waals surface area contributed by atoms with Crippen molar-refractivity contribution in [2.75, 3.05) is 7.11 Å². The molecule has 1 amide bonds. The van der Waals surface area contributed by atoms with Crippen molar-refractivity contribution in [3.8, 4) is 11.5 Å². The van der Waals surface area contributed by atoms with Crippen LogP contribution in [0.15, 0.2) is 71.8 Å². The van der Waals surface area contributed by atoms with Gasteiger partial charge in [-0.3, -0.25) is 14.9 Å². The van der Waals surface area contributed by atoms with Crippen molar-refractivity contribution in [3.05, 3.63) is 98.6 Å². The minimum atomic E-state index is -0.567. The van der Waals surface area contributed by atoms with Crippen LogP contribution in [0, 0.1) is 10.1 Å². The van der Waals surface area contributed by atoms with E-state index in [1.165, 1.54) is 37.6 Å². The average molecular weight is 440 g/mol. The number of benzene rings is 3. The van der Waals surface area contributed by atoms with E-state index in [1.807, 2.05) is 12.1 Å². The third kappa shape index (κ3) is 6.03. The molecular weight excluding hydrogens is 422 g/mol. The summed E-state index contributed by atoms with van der Waals surface area (Å²) < 4.78 is 11.2. The first kappa shape index (κ1) is 21.8. The summed E-state index contributed by atoms with van der Waals surface area (Å²) in [5, 5.41) is 15.4. The lowest BCUT2D eigenvalue weighted by Gasteiger charge is -2.11. The van der Waals surface area contributed by atoms with Crippen molar-refractivity contribution < 1.29 is 19.2 Å². The van der Waals surface area contributed by atoms with E-state index in [1.54, 1.807) is 30.3 Å². The van der Waals surface area contributed by atoms with E-state index in [0.29, 0.717) is 28.7 Å². The molecule has 1 N–H and O–H groups in total. The maximum atomic E-state index is 12.1. The first-order valence-electron chi connectivity index (χ1n) is 9.09. The van der Waals surface area contributed by atoms with E-state index < -0.39 is 10.8 Å². The van der Waals surface area contributed by atoms with E-state index >= 15 is 0 Å². The number of nitrogens with zero attached hydrogens (tertiary/aromatic N) is 2. The SMILES string of the molecule is COc1cc(/C=N\NC(=O)c2cccc([N+](=O)[O-])c2)ccc1OCc1ccc(Cl)cc1. The maximum Gasteiger partial charge on any atom is 0.271 e. The number of hydrogen-bond donors (Lipinski definition) is 1. The molecule has 0 aliphatic rings. The largest absolute Gasteiger partial charge is 0.493 e. The van der Waals surface area contributed by atoms with Crippen molar-refractivity contribution in [1.82, 2.24) is 5.43 Å². The Labute approximate surface area is 183 Å². The number of methoxy groups -OCH3 is 1. The second-order valence-electron chi connectivity index (χ2n) is 6.33. The predicted molar refractivity (Wildman–Crippen MR) is 117 cm³/mol. The molecule has 158 valence electrons. The van der Waals surface area contributed by atoms with Gasteiger partial charge in [-0.25, -0.2) is 5.43 Å². The topological polar surface area (TPSA) is 103 Å². The standard InChI is InChI=1S/C22H18ClN3O5/c1-30-21-11-16(7-10-20(21)31-14-15-5-8-18(23)9-6-15)13-24-25-22(27)17-3-2-4-19(12-17)26(28)29/h2-13H,14H2,1H3,(H,25,27)/b24-13-. The number of nitrogens with one attached hydrogen (secondary N) is 1. The Morgan fingerprint density at radius 1 is 1.13 bits per heavy atom. The highest BCUT2D eigenvalue weighted by Crippen LogP contribution is 2.28. The molecule has 0 radical (unpaired) electrons. The first-order valence-corrected chi connectivity index (χ1v) is 9.47. The summed E-state index contributed by atoms with van der Waals surface area (Å²) in [5.41, 5.74) is 3.93. The minimum Gasteiger partial charge on any atom is -0.493 e. The summed E-state index contributed by atoms with van der Waals surface area (Å²) in [5.74, 6) is 0.494. The van der Waals surface area contributed by atoms with Gasteiger partial charge in [0, 0.05) is 22.7 Å². The van der Waals surface area contributed by atoms with Gasteiger partial charge in [0.1, 0.15) is 6.61 Å². The third-order valence-electron chi connectivity index (χ3n) is 4.19. The highest BCUT2D eigenvalue weighted by atomic mass is 35.5. The molecule has 3 aromatic carbocycles. The molecule has 0 aliphatic carbocycles. The van der Waals surface area contributed by atoms with Crippen molar-refractivity contribution in [2.24, 2.45) is 5.10 Å². The summed E-state index contributed by atoms with van der Waals surface area (Å²) in [7, 11) is 1.52. The normalized spacial score (nSPS) is 10.6. The lowest BCUT2D eigenvalue weighted by molar-refractivity contribution is -0.384. The van der Waals surface area contributed by atoms with Crippen LogP contribution in [0.3, 0.4) is 0 Å². The number of nitro benzene ring substituents is 1. The Morgan fingerprint density at radius 2 is 1.90 bits per heavy atom. The van der Waals surface area contributed by atoms with Crippen LogP contribution in [0.2, 0.25) is 5.02 Å². The molecule has 0 aromatic heterocycles. The first-order chi connectivity index (χ1) is 15.0. The van der Waals surface area contributed by atoms with Crippen LogP contribution in [0.25, 0.3) is 0 Å². The molecule has 9 heteroatoms. The van der Waals surface area contributed by atoms with Crippen molar-refractivity contribution in [2.45, 2.75) is 6.61 Å². The Bertz CT molecular complexity index is 1120. The fraction of sp³-hybridized carbons (Fsp3) is 0.0909.